The number of hydrogen-bond donors (Lipinski definition) is 2. The maximum atomic E-state index is 12.5. The van der Waals surface area contributed by atoms with Crippen LogP contribution in [0.2, 0.25) is 5.02 Å². The molecule has 7 nitrogen and oxygen atoms in total. The summed E-state index contributed by atoms with van der Waals surface area (Å²) in [6, 6.07) is 10.6. The summed E-state index contributed by atoms with van der Waals surface area (Å²) in [5, 5.41) is 7.13. The predicted molar refractivity (Wildman–Crippen MR) is 112 cm³/mol. The van der Waals surface area contributed by atoms with Crippen molar-refractivity contribution in [2.75, 3.05) is 11.1 Å². The first-order valence-corrected chi connectivity index (χ1v) is 9.47. The van der Waals surface area contributed by atoms with Crippen LogP contribution in [0.5, 0.6) is 5.75 Å². The second kappa shape index (κ2) is 8.13. The van der Waals surface area contributed by atoms with Gasteiger partial charge in [-0.05, 0) is 24.6 Å². The van der Waals surface area contributed by atoms with Crippen LogP contribution in [0.4, 0.5) is 11.5 Å². The van der Waals surface area contributed by atoms with E-state index in [1.165, 1.54) is 6.20 Å². The Hall–Kier alpha value is -3.06. The van der Waals surface area contributed by atoms with Crippen LogP contribution in [-0.2, 0) is 5.41 Å². The van der Waals surface area contributed by atoms with E-state index in [1.807, 2.05) is 45.9 Å². The molecule has 0 unspecified atom stereocenters. The fraction of sp³-hybridized carbons (Fsp3) is 0.286. The van der Waals surface area contributed by atoms with Crippen LogP contribution in [0.15, 0.2) is 47.1 Å². The molecule has 2 aromatic heterocycles. The zero-order chi connectivity index (χ0) is 21.2. The number of anilines is 2. The van der Waals surface area contributed by atoms with Gasteiger partial charge >= 0.3 is 0 Å². The average molecular weight is 415 g/mol. The molecule has 0 bridgehead atoms. The first kappa shape index (κ1) is 20.7. The van der Waals surface area contributed by atoms with E-state index in [1.54, 1.807) is 18.2 Å². The van der Waals surface area contributed by atoms with Crippen molar-refractivity contribution in [3.05, 3.63) is 64.6 Å². The number of ether oxygens (including phenoxy) is 1. The van der Waals surface area contributed by atoms with Crippen molar-refractivity contribution in [3.63, 3.8) is 0 Å². The standard InChI is InChI=1S/C21H23ClN4O3/c1-12(28-17-9-14(22)11-24-19(17)23)13-6-5-7-15(8-13)25-20(27)16-10-18(29-26-16)21(2,3)4/h5-12H,1-4H3,(H2,23,24)(H,25,27)/t12-/m1/s1. The van der Waals surface area contributed by atoms with E-state index in [2.05, 4.69) is 15.5 Å². The Morgan fingerprint density at radius 3 is 2.72 bits per heavy atom. The Morgan fingerprint density at radius 2 is 2.03 bits per heavy atom. The zero-order valence-corrected chi connectivity index (χ0v) is 17.4. The molecule has 152 valence electrons. The molecule has 0 aliphatic rings. The summed E-state index contributed by atoms with van der Waals surface area (Å²) >= 11 is 5.96. The molecule has 3 rings (SSSR count). The van der Waals surface area contributed by atoms with Gasteiger partial charge in [-0.15, -0.1) is 0 Å². The Morgan fingerprint density at radius 1 is 1.28 bits per heavy atom. The molecule has 8 heteroatoms. The predicted octanol–water partition coefficient (Wildman–Crippen LogP) is 5.00. The van der Waals surface area contributed by atoms with E-state index < -0.39 is 0 Å². The number of hydrogen-bond acceptors (Lipinski definition) is 6. The number of nitrogens with one attached hydrogen (secondary N) is 1. The van der Waals surface area contributed by atoms with Crippen molar-refractivity contribution in [2.45, 2.75) is 39.2 Å². The molecular formula is C21H23ClN4O3. The van der Waals surface area contributed by atoms with Crippen LogP contribution in [0.3, 0.4) is 0 Å². The molecule has 0 spiro atoms. The lowest BCUT2D eigenvalue weighted by Gasteiger charge is -2.17. The van der Waals surface area contributed by atoms with E-state index in [9.17, 15) is 4.79 Å². The van der Waals surface area contributed by atoms with Crippen LogP contribution in [0, 0.1) is 0 Å². The molecule has 1 atom stereocenters. The Labute approximate surface area is 174 Å². The maximum Gasteiger partial charge on any atom is 0.277 e. The van der Waals surface area contributed by atoms with Crippen molar-refractivity contribution in [2.24, 2.45) is 0 Å². The maximum absolute atomic E-state index is 12.5. The van der Waals surface area contributed by atoms with Gasteiger partial charge in [-0.25, -0.2) is 4.98 Å². The SMILES string of the molecule is C[C@@H](Oc1cc(Cl)cnc1N)c1cccc(NC(=O)c2cc(C(C)(C)C)on2)c1. The molecule has 3 N–H and O–H groups in total. The molecule has 0 fully saturated rings. The number of benzene rings is 1. The average Bonchev–Trinajstić information content (AvgIpc) is 3.16. The molecule has 2 heterocycles. The van der Waals surface area contributed by atoms with Crippen LogP contribution in [0.25, 0.3) is 0 Å². The fourth-order valence-electron chi connectivity index (χ4n) is 2.58. The van der Waals surface area contributed by atoms with Gasteiger partial charge in [-0.1, -0.05) is 49.7 Å². The van der Waals surface area contributed by atoms with Crippen molar-refractivity contribution < 1.29 is 14.1 Å². The smallest absolute Gasteiger partial charge is 0.277 e. The number of nitrogens with zero attached hydrogens (tertiary/aromatic N) is 2. The van der Waals surface area contributed by atoms with Crippen LogP contribution < -0.4 is 15.8 Å². The van der Waals surface area contributed by atoms with E-state index in [-0.39, 0.29) is 28.9 Å². The lowest BCUT2D eigenvalue weighted by molar-refractivity contribution is 0.101. The normalized spacial score (nSPS) is 12.4. The molecule has 0 saturated carbocycles. The van der Waals surface area contributed by atoms with Gasteiger partial charge in [0.2, 0.25) is 0 Å². The highest BCUT2D eigenvalue weighted by atomic mass is 35.5. The molecular weight excluding hydrogens is 392 g/mol. The molecule has 1 aromatic carbocycles. The summed E-state index contributed by atoms with van der Waals surface area (Å²) in [4.78, 5) is 16.5. The fourth-order valence-corrected chi connectivity index (χ4v) is 2.73. The molecule has 0 aliphatic heterocycles. The summed E-state index contributed by atoms with van der Waals surface area (Å²) in [5.74, 6) is 0.951. The second-order valence-electron chi connectivity index (χ2n) is 7.70. The number of nitrogen functional groups attached to an aromatic ring is 1. The van der Waals surface area contributed by atoms with Crippen LogP contribution in [0.1, 0.15) is 55.6 Å². The largest absolute Gasteiger partial charge is 0.482 e. The first-order chi connectivity index (χ1) is 13.6. The highest BCUT2D eigenvalue weighted by Crippen LogP contribution is 2.29. The van der Waals surface area contributed by atoms with Gasteiger partial charge in [0.25, 0.3) is 5.91 Å². The summed E-state index contributed by atoms with van der Waals surface area (Å²) in [6.07, 6.45) is 1.12. The van der Waals surface area contributed by atoms with E-state index in [0.717, 1.165) is 5.56 Å². The minimum atomic E-state index is -0.349. The third-order valence-corrected chi connectivity index (χ3v) is 4.45. The van der Waals surface area contributed by atoms with Gasteiger partial charge < -0.3 is 20.3 Å². The van der Waals surface area contributed by atoms with Gasteiger partial charge in [0.1, 0.15) is 11.9 Å². The summed E-state index contributed by atoms with van der Waals surface area (Å²) in [7, 11) is 0. The third kappa shape index (κ3) is 5.06. The Kier molecular flexibility index (Phi) is 5.79. The lowest BCUT2D eigenvalue weighted by Crippen LogP contribution is -2.13. The number of carbonyl (C=O) groups is 1. The van der Waals surface area contributed by atoms with Crippen molar-refractivity contribution in [1.82, 2.24) is 10.1 Å². The Bertz CT molecular complexity index is 1030. The number of carbonyl (C=O) groups excluding carboxylic acids is 1. The number of halogens is 1. The quantitative estimate of drug-likeness (QED) is 0.609. The van der Waals surface area contributed by atoms with Crippen molar-refractivity contribution in [3.8, 4) is 5.75 Å². The molecule has 0 saturated heterocycles. The summed E-state index contributed by atoms with van der Waals surface area (Å²) in [5.41, 5.74) is 7.30. The number of rotatable bonds is 5. The molecule has 0 aliphatic carbocycles. The van der Waals surface area contributed by atoms with Gasteiger partial charge in [-0.3, -0.25) is 4.79 Å². The van der Waals surface area contributed by atoms with Crippen LogP contribution in [-0.4, -0.2) is 16.0 Å². The van der Waals surface area contributed by atoms with E-state index >= 15 is 0 Å². The monoisotopic (exact) mass is 414 g/mol. The number of pyridine rings is 1. The molecule has 3 aromatic rings. The zero-order valence-electron chi connectivity index (χ0n) is 16.7. The van der Waals surface area contributed by atoms with Gasteiger partial charge in [0.15, 0.2) is 17.3 Å². The topological polar surface area (TPSA) is 103 Å². The van der Waals surface area contributed by atoms with Crippen molar-refractivity contribution >= 4 is 29.0 Å². The number of aromatic nitrogens is 2. The number of nitrogens with two attached hydrogens (primary N) is 1. The highest BCUT2D eigenvalue weighted by Gasteiger charge is 2.22. The van der Waals surface area contributed by atoms with Gasteiger partial charge in [-0.2, -0.15) is 0 Å². The highest BCUT2D eigenvalue weighted by molar-refractivity contribution is 6.30. The molecule has 1 amide bonds. The summed E-state index contributed by atoms with van der Waals surface area (Å²) < 4.78 is 11.2. The molecule has 29 heavy (non-hydrogen) atoms. The minimum absolute atomic E-state index is 0.224. The van der Waals surface area contributed by atoms with Crippen LogP contribution >= 0.6 is 11.6 Å². The lowest BCUT2D eigenvalue weighted by atomic mass is 9.93. The number of amides is 1. The summed E-state index contributed by atoms with van der Waals surface area (Å²) in [6.45, 7) is 7.83. The van der Waals surface area contributed by atoms with Crippen molar-refractivity contribution in [1.29, 1.82) is 0 Å². The third-order valence-electron chi connectivity index (χ3n) is 4.25. The van der Waals surface area contributed by atoms with Gasteiger partial charge in [0, 0.05) is 29.4 Å². The second-order valence-corrected chi connectivity index (χ2v) is 8.14. The molecule has 0 radical (unpaired) electrons. The van der Waals surface area contributed by atoms with E-state index in [4.69, 9.17) is 26.6 Å². The van der Waals surface area contributed by atoms with E-state index in [0.29, 0.717) is 22.2 Å². The Balaban J connectivity index is 1.72. The first-order valence-electron chi connectivity index (χ1n) is 9.09. The van der Waals surface area contributed by atoms with Gasteiger partial charge in [0.05, 0.1) is 5.02 Å². The minimum Gasteiger partial charge on any atom is -0.482 e.